The Kier molecular flexibility index (Phi) is 2.07. The van der Waals surface area contributed by atoms with E-state index in [-0.39, 0.29) is 11.2 Å². The number of hydrogen-bond acceptors (Lipinski definition) is 3. The van der Waals surface area contributed by atoms with Crippen molar-refractivity contribution in [3.8, 4) is 0 Å². The average Bonchev–Trinajstić information content (AvgIpc) is 2.59. The molecule has 1 amide bonds. The molecule has 0 bridgehead atoms. The highest BCUT2D eigenvalue weighted by atomic mass is 19.4. The van der Waals surface area contributed by atoms with Gasteiger partial charge in [-0.15, -0.1) is 10.2 Å². The first-order chi connectivity index (χ1) is 7.41. The van der Waals surface area contributed by atoms with E-state index in [1.54, 1.807) is 0 Å². The van der Waals surface area contributed by atoms with E-state index in [1.807, 2.05) is 0 Å². The normalized spacial score (nSPS) is 11.9. The molecule has 2 aromatic heterocycles. The molecule has 0 spiro atoms. The van der Waals surface area contributed by atoms with Crippen molar-refractivity contribution in [1.82, 2.24) is 14.6 Å². The molecule has 0 atom stereocenters. The Labute approximate surface area is 86.7 Å². The Morgan fingerprint density at radius 2 is 2.06 bits per heavy atom. The van der Waals surface area contributed by atoms with Crippen LogP contribution in [0.1, 0.15) is 16.2 Å². The molecule has 0 saturated heterocycles. The average molecular weight is 230 g/mol. The van der Waals surface area contributed by atoms with Gasteiger partial charge in [-0.05, 0) is 12.1 Å². The number of nitrogens with zero attached hydrogens (tertiary/aromatic N) is 3. The Hall–Kier alpha value is -2.12. The second-order valence-electron chi connectivity index (χ2n) is 3.00. The van der Waals surface area contributed by atoms with E-state index in [9.17, 15) is 18.0 Å². The van der Waals surface area contributed by atoms with E-state index in [2.05, 4.69) is 10.2 Å². The number of alkyl halides is 3. The summed E-state index contributed by atoms with van der Waals surface area (Å²) in [5.41, 5.74) is 4.68. The molecule has 0 aliphatic heterocycles. The van der Waals surface area contributed by atoms with Crippen LogP contribution in [0.3, 0.4) is 0 Å². The van der Waals surface area contributed by atoms with Crippen molar-refractivity contribution in [3.63, 3.8) is 0 Å². The molecule has 0 aromatic carbocycles. The molecular weight excluding hydrogens is 225 g/mol. The third-order valence-corrected chi connectivity index (χ3v) is 1.95. The lowest BCUT2D eigenvalue weighted by molar-refractivity contribution is -0.145. The Bertz CT molecular complexity index is 560. The maximum absolute atomic E-state index is 12.4. The quantitative estimate of drug-likeness (QED) is 0.789. The zero-order valence-corrected chi connectivity index (χ0v) is 7.69. The third kappa shape index (κ3) is 1.47. The molecule has 2 heterocycles. The van der Waals surface area contributed by atoms with E-state index >= 15 is 0 Å². The van der Waals surface area contributed by atoms with Gasteiger partial charge < -0.3 is 5.73 Å². The number of amides is 1. The highest BCUT2D eigenvalue weighted by Gasteiger charge is 2.37. The predicted octanol–water partition coefficient (Wildman–Crippen LogP) is 0.847. The lowest BCUT2D eigenvalue weighted by Gasteiger charge is -2.04. The summed E-state index contributed by atoms with van der Waals surface area (Å²) in [6.07, 6.45) is -3.51. The Morgan fingerprint density at radius 1 is 1.38 bits per heavy atom. The number of aromatic nitrogens is 3. The second kappa shape index (κ2) is 3.19. The van der Waals surface area contributed by atoms with Gasteiger partial charge in [0.05, 0.1) is 5.56 Å². The fourth-order valence-corrected chi connectivity index (χ4v) is 1.30. The van der Waals surface area contributed by atoms with Gasteiger partial charge in [0.1, 0.15) is 0 Å². The zero-order chi connectivity index (χ0) is 11.9. The van der Waals surface area contributed by atoms with Crippen LogP contribution in [0, 0.1) is 0 Å². The first kappa shape index (κ1) is 10.4. The lowest BCUT2D eigenvalue weighted by atomic mass is 10.2. The monoisotopic (exact) mass is 230 g/mol. The fraction of sp³-hybridized carbons (Fsp3) is 0.125. The maximum Gasteiger partial charge on any atom is 0.452 e. The topological polar surface area (TPSA) is 73.3 Å². The van der Waals surface area contributed by atoms with Crippen molar-refractivity contribution in [1.29, 1.82) is 0 Å². The van der Waals surface area contributed by atoms with Gasteiger partial charge in [0.2, 0.25) is 5.82 Å². The molecule has 2 rings (SSSR count). The van der Waals surface area contributed by atoms with E-state index in [0.29, 0.717) is 4.40 Å². The molecule has 0 radical (unpaired) electrons. The fourth-order valence-electron chi connectivity index (χ4n) is 1.30. The van der Waals surface area contributed by atoms with Gasteiger partial charge in [0.15, 0.2) is 5.65 Å². The predicted molar refractivity (Wildman–Crippen MR) is 46.5 cm³/mol. The standard InChI is InChI=1S/C8H5F3N4O/c9-8(10,11)7-14-13-6-4(5(12)16)2-1-3-15(6)7/h1-3H,(H2,12,16). The molecule has 84 valence electrons. The van der Waals surface area contributed by atoms with Gasteiger partial charge >= 0.3 is 6.18 Å². The number of hydrogen-bond donors (Lipinski definition) is 1. The Morgan fingerprint density at radius 3 is 2.62 bits per heavy atom. The van der Waals surface area contributed by atoms with E-state index in [0.717, 1.165) is 6.20 Å². The molecule has 16 heavy (non-hydrogen) atoms. The van der Waals surface area contributed by atoms with E-state index < -0.39 is 17.9 Å². The zero-order valence-electron chi connectivity index (χ0n) is 7.69. The summed E-state index contributed by atoms with van der Waals surface area (Å²) in [5, 5.41) is 6.29. The molecule has 2 N–H and O–H groups in total. The summed E-state index contributed by atoms with van der Waals surface area (Å²) < 4.78 is 38.0. The van der Waals surface area contributed by atoms with Crippen molar-refractivity contribution >= 4 is 11.6 Å². The second-order valence-corrected chi connectivity index (χ2v) is 3.00. The van der Waals surface area contributed by atoms with Crippen molar-refractivity contribution < 1.29 is 18.0 Å². The van der Waals surface area contributed by atoms with Crippen molar-refractivity contribution in [3.05, 3.63) is 29.7 Å². The summed E-state index contributed by atoms with van der Waals surface area (Å²) in [7, 11) is 0. The van der Waals surface area contributed by atoms with Crippen LogP contribution in [-0.4, -0.2) is 20.5 Å². The van der Waals surface area contributed by atoms with Crippen LogP contribution in [0.15, 0.2) is 18.3 Å². The maximum atomic E-state index is 12.4. The highest BCUT2D eigenvalue weighted by Crippen LogP contribution is 2.28. The molecule has 0 aliphatic carbocycles. The van der Waals surface area contributed by atoms with E-state index in [4.69, 9.17) is 5.73 Å². The number of fused-ring (bicyclic) bond motifs is 1. The van der Waals surface area contributed by atoms with Crippen LogP contribution in [0.2, 0.25) is 0 Å². The van der Waals surface area contributed by atoms with Crippen LogP contribution in [0.4, 0.5) is 13.2 Å². The first-order valence-electron chi connectivity index (χ1n) is 4.12. The van der Waals surface area contributed by atoms with Crippen LogP contribution in [0.5, 0.6) is 0 Å². The molecule has 8 heteroatoms. The third-order valence-electron chi connectivity index (χ3n) is 1.95. The molecule has 5 nitrogen and oxygen atoms in total. The van der Waals surface area contributed by atoms with Gasteiger partial charge in [-0.2, -0.15) is 13.2 Å². The van der Waals surface area contributed by atoms with Crippen LogP contribution in [-0.2, 0) is 6.18 Å². The minimum absolute atomic E-state index is 0.106. The van der Waals surface area contributed by atoms with Gasteiger partial charge in [0, 0.05) is 6.20 Å². The molecule has 0 aliphatic rings. The number of rotatable bonds is 1. The number of pyridine rings is 1. The van der Waals surface area contributed by atoms with E-state index in [1.165, 1.54) is 12.1 Å². The largest absolute Gasteiger partial charge is 0.452 e. The summed E-state index contributed by atoms with van der Waals surface area (Å²) in [5.74, 6) is -2.04. The minimum atomic E-state index is -4.63. The molecule has 0 unspecified atom stereocenters. The van der Waals surface area contributed by atoms with Gasteiger partial charge in [-0.1, -0.05) is 0 Å². The van der Waals surface area contributed by atoms with Gasteiger partial charge in [-0.3, -0.25) is 9.20 Å². The molecular formula is C8H5F3N4O. The van der Waals surface area contributed by atoms with Crippen LogP contribution < -0.4 is 5.73 Å². The van der Waals surface area contributed by atoms with Gasteiger partial charge in [0.25, 0.3) is 5.91 Å². The number of carbonyl (C=O) groups is 1. The number of halogens is 3. The number of nitrogens with two attached hydrogens (primary N) is 1. The number of primary amides is 1. The smallest absolute Gasteiger partial charge is 0.365 e. The summed E-state index contributed by atoms with van der Waals surface area (Å²) in [6, 6.07) is 2.55. The van der Waals surface area contributed by atoms with Crippen LogP contribution in [0.25, 0.3) is 5.65 Å². The molecule has 0 fully saturated rings. The Balaban J connectivity index is 2.76. The molecule has 2 aromatic rings. The summed E-state index contributed by atoms with van der Waals surface area (Å²) in [6.45, 7) is 0. The van der Waals surface area contributed by atoms with Crippen molar-refractivity contribution in [2.24, 2.45) is 5.73 Å². The van der Waals surface area contributed by atoms with Crippen molar-refractivity contribution in [2.45, 2.75) is 6.18 Å². The van der Waals surface area contributed by atoms with Gasteiger partial charge in [-0.25, -0.2) is 0 Å². The van der Waals surface area contributed by atoms with Crippen LogP contribution >= 0.6 is 0 Å². The number of carbonyl (C=O) groups excluding carboxylic acids is 1. The van der Waals surface area contributed by atoms with Crippen molar-refractivity contribution in [2.75, 3.05) is 0 Å². The summed E-state index contributed by atoms with van der Waals surface area (Å²) >= 11 is 0. The molecule has 0 saturated carbocycles. The highest BCUT2D eigenvalue weighted by molar-refractivity contribution is 5.98. The first-order valence-corrected chi connectivity index (χ1v) is 4.12. The SMILES string of the molecule is NC(=O)c1cccn2c(C(F)(F)F)nnc12. The lowest BCUT2D eigenvalue weighted by Crippen LogP contribution is -2.14. The minimum Gasteiger partial charge on any atom is -0.365 e. The summed E-state index contributed by atoms with van der Waals surface area (Å²) in [4.78, 5) is 10.9.